The predicted octanol–water partition coefficient (Wildman–Crippen LogP) is 0.0913. The number of imidazole rings is 1. The van der Waals surface area contributed by atoms with Crippen molar-refractivity contribution in [1.29, 1.82) is 0 Å². The van der Waals surface area contributed by atoms with E-state index in [1.165, 1.54) is 0 Å². The highest BCUT2D eigenvalue weighted by atomic mass is 15.2. The topological polar surface area (TPSA) is 81.2 Å². The van der Waals surface area contributed by atoms with E-state index in [0.29, 0.717) is 18.3 Å². The quantitative estimate of drug-likeness (QED) is 0.530. The number of nitrogens with zero attached hydrogens (tertiary/aromatic N) is 3. The van der Waals surface area contributed by atoms with Gasteiger partial charge in [0.25, 0.3) is 0 Å². The summed E-state index contributed by atoms with van der Waals surface area (Å²) in [5.41, 5.74) is 6.24. The molecule has 3 N–H and O–H groups in total. The molecule has 0 atom stereocenters. The van der Waals surface area contributed by atoms with Crippen LogP contribution in [0.2, 0.25) is 0 Å². The third-order valence-electron chi connectivity index (χ3n) is 1.34. The Bertz CT molecular complexity index is 273. The fourth-order valence-electron chi connectivity index (χ4n) is 0.853. The van der Waals surface area contributed by atoms with E-state index < -0.39 is 0 Å². The molecular formula is C5H6N5-. The van der Waals surface area contributed by atoms with Crippen LogP contribution in [0.25, 0.3) is 5.32 Å². The van der Waals surface area contributed by atoms with Crippen molar-refractivity contribution in [1.82, 2.24) is 9.97 Å². The van der Waals surface area contributed by atoms with Crippen molar-refractivity contribution >= 4 is 11.7 Å². The zero-order valence-electron chi connectivity index (χ0n) is 5.20. The maximum absolute atomic E-state index is 5.51. The summed E-state index contributed by atoms with van der Waals surface area (Å²) >= 11 is 0. The minimum absolute atomic E-state index is 0.393. The van der Waals surface area contributed by atoms with Crippen LogP contribution in [0.15, 0.2) is 11.3 Å². The molecule has 5 nitrogen and oxygen atoms in total. The molecule has 0 aliphatic carbocycles. The number of nitrogens with two attached hydrogens (primary N) is 1. The van der Waals surface area contributed by atoms with Crippen LogP contribution in [-0.4, -0.2) is 22.5 Å². The van der Waals surface area contributed by atoms with Crippen molar-refractivity contribution in [2.75, 3.05) is 6.67 Å². The number of fused-ring (bicyclic) bond motifs is 1. The van der Waals surface area contributed by atoms with E-state index in [-0.39, 0.29) is 0 Å². The maximum atomic E-state index is 5.51. The van der Waals surface area contributed by atoms with Crippen molar-refractivity contribution in [2.24, 2.45) is 10.7 Å². The standard InChI is InChI=1S/C5H6N5/c6-4-3-5(9-1-7-3)10-2-8-4/h1H,2H2,(H2,6,8)(H,7,9)/q-1. The highest BCUT2D eigenvalue weighted by Crippen LogP contribution is 2.21. The molecule has 52 valence electrons. The molecule has 1 aromatic heterocycles. The Hall–Kier alpha value is -1.52. The number of rotatable bonds is 0. The summed E-state index contributed by atoms with van der Waals surface area (Å²) in [5.74, 6) is 1.15. The van der Waals surface area contributed by atoms with Crippen LogP contribution < -0.4 is 5.73 Å². The zero-order valence-corrected chi connectivity index (χ0v) is 5.20. The smallest absolute Gasteiger partial charge is 0.142 e. The van der Waals surface area contributed by atoms with E-state index in [0.717, 1.165) is 5.69 Å². The highest BCUT2D eigenvalue weighted by Gasteiger charge is 2.04. The second-order valence-corrected chi connectivity index (χ2v) is 1.94. The number of hydrogen-bond acceptors (Lipinski definition) is 3. The predicted molar refractivity (Wildman–Crippen MR) is 37.2 cm³/mol. The molecule has 1 aliphatic heterocycles. The van der Waals surface area contributed by atoms with E-state index in [9.17, 15) is 0 Å². The first-order valence-electron chi connectivity index (χ1n) is 2.89. The van der Waals surface area contributed by atoms with Crippen LogP contribution in [0.5, 0.6) is 0 Å². The number of aromatic nitrogens is 2. The average molecular weight is 136 g/mol. The SMILES string of the molecule is NC1=NC[N-]c2nc[nH]c21. The highest BCUT2D eigenvalue weighted by molar-refractivity contribution is 6.01. The Morgan fingerprint density at radius 3 is 3.40 bits per heavy atom. The monoisotopic (exact) mass is 136 g/mol. The van der Waals surface area contributed by atoms with Gasteiger partial charge in [-0.1, -0.05) is 0 Å². The lowest BCUT2D eigenvalue weighted by atomic mass is 10.4. The fourth-order valence-corrected chi connectivity index (χ4v) is 0.853. The summed E-state index contributed by atoms with van der Waals surface area (Å²) in [6.45, 7) is 0.393. The van der Waals surface area contributed by atoms with Crippen molar-refractivity contribution < 1.29 is 0 Å². The molecule has 0 saturated heterocycles. The summed E-state index contributed by atoms with van der Waals surface area (Å²) in [5, 5.41) is 3.99. The second kappa shape index (κ2) is 1.73. The summed E-state index contributed by atoms with van der Waals surface area (Å²) in [6, 6.07) is 0. The van der Waals surface area contributed by atoms with E-state index in [1.54, 1.807) is 6.33 Å². The van der Waals surface area contributed by atoms with Crippen LogP contribution in [0, 0.1) is 0 Å². The molecule has 5 heteroatoms. The van der Waals surface area contributed by atoms with Gasteiger partial charge in [0.15, 0.2) is 0 Å². The Morgan fingerprint density at radius 1 is 1.70 bits per heavy atom. The lowest BCUT2D eigenvalue weighted by Crippen LogP contribution is -2.17. The van der Waals surface area contributed by atoms with Crippen LogP contribution in [0.1, 0.15) is 5.69 Å². The number of aromatic amines is 1. The van der Waals surface area contributed by atoms with E-state index in [1.807, 2.05) is 0 Å². The Kier molecular flexibility index (Phi) is 0.913. The molecule has 2 heterocycles. The average Bonchev–Trinajstić information content (AvgIpc) is 2.36. The molecule has 2 rings (SSSR count). The minimum atomic E-state index is 0.393. The Morgan fingerprint density at radius 2 is 2.60 bits per heavy atom. The molecule has 0 spiro atoms. The van der Waals surface area contributed by atoms with Gasteiger partial charge < -0.3 is 21.0 Å². The third kappa shape index (κ3) is 0.570. The molecule has 0 aromatic carbocycles. The van der Waals surface area contributed by atoms with Gasteiger partial charge in [-0.05, 0) is 12.1 Å². The first-order chi connectivity index (χ1) is 4.88. The maximum Gasteiger partial charge on any atom is 0.142 e. The van der Waals surface area contributed by atoms with Gasteiger partial charge >= 0.3 is 0 Å². The molecule has 1 aromatic rings. The minimum Gasteiger partial charge on any atom is -0.443 e. The van der Waals surface area contributed by atoms with Gasteiger partial charge in [0.05, 0.1) is 5.69 Å². The second-order valence-electron chi connectivity index (χ2n) is 1.94. The molecule has 0 amide bonds. The molecule has 0 radical (unpaired) electrons. The van der Waals surface area contributed by atoms with Crippen LogP contribution >= 0.6 is 0 Å². The van der Waals surface area contributed by atoms with Crippen molar-refractivity contribution in [3.63, 3.8) is 0 Å². The van der Waals surface area contributed by atoms with Gasteiger partial charge in [-0.3, -0.25) is 4.99 Å². The molecule has 0 saturated carbocycles. The van der Waals surface area contributed by atoms with E-state index in [4.69, 9.17) is 5.73 Å². The van der Waals surface area contributed by atoms with Crippen molar-refractivity contribution in [2.45, 2.75) is 0 Å². The lowest BCUT2D eigenvalue weighted by molar-refractivity contribution is 1.14. The third-order valence-corrected chi connectivity index (χ3v) is 1.34. The fraction of sp³-hybridized carbons (Fsp3) is 0.200. The first-order valence-corrected chi connectivity index (χ1v) is 2.89. The number of nitrogens with one attached hydrogen (secondary N) is 1. The van der Waals surface area contributed by atoms with Gasteiger partial charge in [0, 0.05) is 6.67 Å². The van der Waals surface area contributed by atoms with Gasteiger partial charge in [-0.25, -0.2) is 0 Å². The molecule has 1 aliphatic rings. The van der Waals surface area contributed by atoms with Crippen LogP contribution in [0.3, 0.4) is 0 Å². The first kappa shape index (κ1) is 5.28. The lowest BCUT2D eigenvalue weighted by Gasteiger charge is -2.16. The van der Waals surface area contributed by atoms with Gasteiger partial charge in [-0.2, -0.15) is 0 Å². The summed E-state index contributed by atoms with van der Waals surface area (Å²) in [6.07, 6.45) is 1.56. The van der Waals surface area contributed by atoms with Gasteiger partial charge in [-0.15, -0.1) is 0 Å². The summed E-state index contributed by atoms with van der Waals surface area (Å²) < 4.78 is 0. The van der Waals surface area contributed by atoms with Crippen LogP contribution in [0.4, 0.5) is 5.82 Å². The van der Waals surface area contributed by atoms with E-state index in [2.05, 4.69) is 20.3 Å². The number of amidine groups is 1. The van der Waals surface area contributed by atoms with Crippen molar-refractivity contribution in [3.05, 3.63) is 17.3 Å². The summed E-state index contributed by atoms with van der Waals surface area (Å²) in [4.78, 5) is 10.7. The van der Waals surface area contributed by atoms with Gasteiger partial charge in [0.2, 0.25) is 0 Å². The molecule has 0 bridgehead atoms. The van der Waals surface area contributed by atoms with Crippen LogP contribution in [-0.2, 0) is 0 Å². The number of hydrogen-bond donors (Lipinski definition) is 2. The number of H-pyrrole nitrogens is 1. The molecule has 0 fully saturated rings. The molecule has 0 unspecified atom stereocenters. The van der Waals surface area contributed by atoms with E-state index >= 15 is 0 Å². The normalized spacial score (nSPS) is 15.4. The zero-order chi connectivity index (χ0) is 6.97. The van der Waals surface area contributed by atoms with Gasteiger partial charge in [0.1, 0.15) is 5.84 Å². The summed E-state index contributed by atoms with van der Waals surface area (Å²) in [7, 11) is 0. The van der Waals surface area contributed by atoms with Crippen molar-refractivity contribution in [3.8, 4) is 0 Å². The Balaban J connectivity index is 2.55. The number of aliphatic imine (C=N–C) groups is 1. The molecular weight excluding hydrogens is 130 g/mol. The Labute approximate surface area is 57.4 Å². The largest absolute Gasteiger partial charge is 0.443 e. The molecule has 10 heavy (non-hydrogen) atoms.